The van der Waals surface area contributed by atoms with E-state index in [-0.39, 0.29) is 79.0 Å². The fraction of sp³-hybridized carbons (Fsp3) is 0.651. The number of hydrogen-bond donors (Lipinski definition) is 1. The monoisotopic (exact) mass is 793 g/mol. The van der Waals surface area contributed by atoms with Crippen LogP contribution < -0.4 is 10.1 Å². The number of aromatic nitrogens is 3. The van der Waals surface area contributed by atoms with E-state index in [4.69, 9.17) is 16.3 Å². The molecule has 13 heteroatoms. The van der Waals surface area contributed by atoms with Gasteiger partial charge in [-0.15, -0.1) is 0 Å². The van der Waals surface area contributed by atoms with E-state index in [2.05, 4.69) is 20.3 Å². The topological polar surface area (TPSA) is 166 Å². The van der Waals surface area contributed by atoms with Gasteiger partial charge in [0.15, 0.2) is 17.3 Å². The van der Waals surface area contributed by atoms with E-state index >= 15 is 0 Å². The maximum atomic E-state index is 14.9. The first-order chi connectivity index (χ1) is 26.5. The quantitative estimate of drug-likeness (QED) is 0.145. The summed E-state index contributed by atoms with van der Waals surface area (Å²) in [5.74, 6) is -3.75. The van der Waals surface area contributed by atoms with E-state index < -0.39 is 52.9 Å². The van der Waals surface area contributed by atoms with Crippen molar-refractivity contribution in [2.45, 2.75) is 137 Å². The number of carbonyl (C=O) groups is 6. The highest BCUT2D eigenvalue weighted by Crippen LogP contribution is 2.37. The molecule has 2 aromatic heterocycles. The predicted molar refractivity (Wildman–Crippen MR) is 213 cm³/mol. The van der Waals surface area contributed by atoms with Gasteiger partial charge in [-0.05, 0) is 48.5 Å². The molecule has 1 N–H and O–H groups in total. The Hall–Kier alpha value is -4.06. The van der Waals surface area contributed by atoms with Crippen molar-refractivity contribution < 1.29 is 33.5 Å². The van der Waals surface area contributed by atoms with Gasteiger partial charge in [0.1, 0.15) is 11.8 Å². The standard InChI is InChI=1S/C43H60ClN5O7/c1-8-12-29(40(53)37(52)19-27(4)26(2)3)20-35(50)34-21-31(56-38-16-15-30(44)23-47-38)25-49(34)42(55)32(43(5,6)7)22-36(51)39(28-13-10-9-11-14-28)48-41(54)33-24-45-17-18-46-33/h15-18,23-24,26-29,31-32,34,39H,8-14,19-22,25H2,1-7H3,(H,48,54)/t27-,29-,31-,32-,34+,39+/m1/s1. The molecule has 56 heavy (non-hydrogen) atoms. The molecule has 1 aliphatic carbocycles. The number of carbonyl (C=O) groups excluding carboxylic acids is 6. The van der Waals surface area contributed by atoms with Crippen molar-refractivity contribution in [2.75, 3.05) is 6.54 Å². The van der Waals surface area contributed by atoms with Crippen molar-refractivity contribution in [3.05, 3.63) is 47.6 Å². The average Bonchev–Trinajstić information content (AvgIpc) is 3.60. The molecule has 12 nitrogen and oxygen atoms in total. The fourth-order valence-corrected chi connectivity index (χ4v) is 7.91. The highest BCUT2D eigenvalue weighted by atomic mass is 35.5. The van der Waals surface area contributed by atoms with Gasteiger partial charge in [-0.2, -0.15) is 0 Å². The molecule has 1 aliphatic heterocycles. The minimum Gasteiger partial charge on any atom is -0.472 e. The summed E-state index contributed by atoms with van der Waals surface area (Å²) in [6.45, 7) is 13.5. The number of ketones is 4. The Morgan fingerprint density at radius 2 is 1.66 bits per heavy atom. The predicted octanol–water partition coefficient (Wildman–Crippen LogP) is 7.07. The number of halogens is 1. The molecule has 306 valence electrons. The van der Waals surface area contributed by atoms with E-state index in [0.29, 0.717) is 17.9 Å². The summed E-state index contributed by atoms with van der Waals surface area (Å²) in [7, 11) is 0. The van der Waals surface area contributed by atoms with E-state index in [1.165, 1.54) is 29.7 Å². The second-order valence-electron chi connectivity index (χ2n) is 17.2. The van der Waals surface area contributed by atoms with Gasteiger partial charge < -0.3 is 15.0 Å². The largest absolute Gasteiger partial charge is 0.472 e. The molecule has 0 unspecified atom stereocenters. The summed E-state index contributed by atoms with van der Waals surface area (Å²) in [5.41, 5.74) is -0.622. The number of nitrogens with one attached hydrogen (secondary N) is 1. The maximum Gasteiger partial charge on any atom is 0.272 e. The third kappa shape index (κ3) is 12.2. The van der Waals surface area contributed by atoms with Crippen molar-refractivity contribution in [2.24, 2.45) is 35.0 Å². The van der Waals surface area contributed by atoms with Gasteiger partial charge in [-0.1, -0.05) is 85.8 Å². The molecular weight excluding hydrogens is 734 g/mol. The molecule has 2 aliphatic rings. The Morgan fingerprint density at radius 3 is 2.25 bits per heavy atom. The van der Waals surface area contributed by atoms with Crippen molar-refractivity contribution >= 4 is 46.5 Å². The molecule has 2 fully saturated rings. The molecule has 0 aromatic carbocycles. The van der Waals surface area contributed by atoms with E-state index in [9.17, 15) is 28.8 Å². The van der Waals surface area contributed by atoms with Gasteiger partial charge in [0, 0.05) is 62.2 Å². The summed E-state index contributed by atoms with van der Waals surface area (Å²) >= 11 is 6.05. The summed E-state index contributed by atoms with van der Waals surface area (Å²) in [6, 6.07) is 1.46. The lowest BCUT2D eigenvalue weighted by molar-refractivity contribution is -0.147. The van der Waals surface area contributed by atoms with Crippen LogP contribution in [-0.2, 0) is 24.0 Å². The van der Waals surface area contributed by atoms with Gasteiger partial charge in [0.05, 0.1) is 29.8 Å². The first kappa shape index (κ1) is 44.7. The second-order valence-corrected chi connectivity index (χ2v) is 17.6. The summed E-state index contributed by atoms with van der Waals surface area (Å²) in [6.07, 6.45) is 10.4. The van der Waals surface area contributed by atoms with Crippen LogP contribution in [0.2, 0.25) is 5.02 Å². The van der Waals surface area contributed by atoms with Gasteiger partial charge in [-0.3, -0.25) is 33.8 Å². The molecule has 2 amide bonds. The zero-order chi connectivity index (χ0) is 41.2. The lowest BCUT2D eigenvalue weighted by Crippen LogP contribution is -2.51. The van der Waals surface area contributed by atoms with Gasteiger partial charge >= 0.3 is 0 Å². The fourth-order valence-electron chi connectivity index (χ4n) is 7.80. The number of hydrogen-bond acceptors (Lipinski definition) is 10. The van der Waals surface area contributed by atoms with Crippen molar-refractivity contribution in [3.63, 3.8) is 0 Å². The molecule has 6 atom stereocenters. The Kier molecular flexibility index (Phi) is 16.3. The maximum absolute atomic E-state index is 14.9. The molecule has 0 spiro atoms. The SMILES string of the molecule is CCC[C@H](CC(=O)[C@@H]1C[C@@H](Oc2ccc(Cl)cn2)CN1C(=O)[C@@H](CC(=O)[C@@H](NC(=O)c1cnccn1)C1CCCCC1)C(C)(C)C)C(=O)C(=O)C[C@@H](C)C(C)C. The summed E-state index contributed by atoms with van der Waals surface area (Å²) in [5, 5.41) is 3.36. The Balaban J connectivity index is 1.62. The van der Waals surface area contributed by atoms with Crippen LogP contribution in [0.5, 0.6) is 5.88 Å². The van der Waals surface area contributed by atoms with Crippen LogP contribution >= 0.6 is 11.6 Å². The van der Waals surface area contributed by atoms with Gasteiger partial charge in [0.25, 0.3) is 5.91 Å². The van der Waals surface area contributed by atoms with Crippen molar-refractivity contribution in [3.8, 4) is 5.88 Å². The zero-order valence-electron chi connectivity index (χ0n) is 34.1. The van der Waals surface area contributed by atoms with Crippen LogP contribution in [-0.4, -0.2) is 79.5 Å². The number of pyridine rings is 1. The lowest BCUT2D eigenvalue weighted by Gasteiger charge is -2.36. The lowest BCUT2D eigenvalue weighted by atomic mass is 9.74. The first-order valence-electron chi connectivity index (χ1n) is 20.3. The van der Waals surface area contributed by atoms with Crippen LogP contribution in [0.3, 0.4) is 0 Å². The van der Waals surface area contributed by atoms with Gasteiger partial charge in [-0.25, -0.2) is 9.97 Å². The number of likely N-dealkylation sites (tertiary alicyclic amines) is 1. The smallest absolute Gasteiger partial charge is 0.272 e. The molecule has 2 aromatic rings. The zero-order valence-corrected chi connectivity index (χ0v) is 34.8. The Bertz CT molecular complexity index is 1670. The van der Waals surface area contributed by atoms with Crippen LogP contribution in [0.4, 0.5) is 0 Å². The molecule has 3 heterocycles. The molecule has 1 saturated heterocycles. The number of rotatable bonds is 19. The third-order valence-electron chi connectivity index (χ3n) is 11.6. The molecule has 0 bridgehead atoms. The Morgan fingerprint density at radius 1 is 0.946 bits per heavy atom. The molecule has 4 rings (SSSR count). The second kappa shape index (κ2) is 20.4. The van der Waals surface area contributed by atoms with Crippen molar-refractivity contribution in [1.29, 1.82) is 0 Å². The number of ether oxygens (including phenoxy) is 1. The summed E-state index contributed by atoms with van der Waals surface area (Å²) < 4.78 is 6.18. The number of amides is 2. The minimum absolute atomic E-state index is 0.0156. The van der Waals surface area contributed by atoms with Crippen molar-refractivity contribution in [1.82, 2.24) is 25.2 Å². The summed E-state index contributed by atoms with van der Waals surface area (Å²) in [4.78, 5) is 97.4. The van der Waals surface area contributed by atoms with Crippen LogP contribution in [0, 0.1) is 35.0 Å². The van der Waals surface area contributed by atoms with E-state index in [1.54, 1.807) is 12.1 Å². The van der Waals surface area contributed by atoms with E-state index in [1.807, 2.05) is 48.5 Å². The van der Waals surface area contributed by atoms with Gasteiger partial charge in [0.2, 0.25) is 17.6 Å². The molecule has 1 saturated carbocycles. The van der Waals surface area contributed by atoms with Crippen LogP contribution in [0.25, 0.3) is 0 Å². The number of nitrogens with zero attached hydrogens (tertiary/aromatic N) is 4. The number of Topliss-reactive ketones (excluding diaryl/α,β-unsaturated/α-hetero) is 4. The molecular formula is C43H60ClN5O7. The average molecular weight is 794 g/mol. The normalized spacial score (nSPS) is 19.8. The van der Waals surface area contributed by atoms with Crippen LogP contribution in [0.15, 0.2) is 36.9 Å². The third-order valence-corrected chi connectivity index (χ3v) is 11.8. The highest BCUT2D eigenvalue weighted by molar-refractivity contribution is 6.38. The van der Waals surface area contributed by atoms with E-state index in [0.717, 1.165) is 32.1 Å². The first-order valence-corrected chi connectivity index (χ1v) is 20.7. The molecule has 0 radical (unpaired) electrons. The van der Waals surface area contributed by atoms with Crippen LogP contribution in [0.1, 0.15) is 130 Å². The minimum atomic E-state index is -0.956. The Labute approximate surface area is 336 Å². The highest BCUT2D eigenvalue weighted by Gasteiger charge is 2.47.